The fourth-order valence-corrected chi connectivity index (χ4v) is 4.74. The molecule has 0 aromatic heterocycles. The van der Waals surface area contributed by atoms with Crippen molar-refractivity contribution in [2.45, 2.75) is 19.3 Å². The molecular weight excluding hydrogens is 443 g/mol. The van der Waals surface area contributed by atoms with E-state index >= 15 is 0 Å². The van der Waals surface area contributed by atoms with Crippen LogP contribution in [0, 0.1) is 0 Å². The average Bonchev–Trinajstić information content (AvgIpc) is 2.67. The van der Waals surface area contributed by atoms with Gasteiger partial charge in [0.15, 0.2) is 5.75 Å². The predicted molar refractivity (Wildman–Crippen MR) is 110 cm³/mol. The number of aromatic carboxylic acids is 1. The molecule has 29 heavy (non-hydrogen) atoms. The molecule has 1 fully saturated rings. The average molecular weight is 461 g/mol. The number of hydrogen-bond donors (Lipinski definition) is 3. The van der Waals surface area contributed by atoms with Crippen molar-refractivity contribution in [3.8, 4) is 17.2 Å². The number of halogens is 2. The van der Waals surface area contributed by atoms with E-state index in [0.29, 0.717) is 13.1 Å². The van der Waals surface area contributed by atoms with Crippen molar-refractivity contribution in [1.82, 2.24) is 4.31 Å². The Balaban J connectivity index is 1.85. The molecule has 3 N–H and O–H groups in total. The number of phenols is 1. The lowest BCUT2D eigenvalue weighted by atomic mass is 10.2. The van der Waals surface area contributed by atoms with E-state index in [1.54, 1.807) is 0 Å². The number of carboxylic acids is 1. The van der Waals surface area contributed by atoms with E-state index in [0.717, 1.165) is 19.3 Å². The molecule has 11 heteroatoms. The van der Waals surface area contributed by atoms with E-state index in [1.807, 2.05) is 0 Å². The summed E-state index contributed by atoms with van der Waals surface area (Å²) in [5.74, 6) is -1.32. The van der Waals surface area contributed by atoms with Crippen LogP contribution in [-0.4, -0.2) is 42.0 Å². The molecular formula is C18H18Cl2N2O6S. The molecule has 0 saturated carbocycles. The Hall–Kier alpha value is -2.20. The number of phenolic OH excluding ortho intramolecular Hbond substituents is 1. The Labute approximate surface area is 177 Å². The Morgan fingerprint density at radius 3 is 2.28 bits per heavy atom. The molecule has 2 aromatic rings. The summed E-state index contributed by atoms with van der Waals surface area (Å²) in [7, 11) is -3.83. The largest absolute Gasteiger partial charge is 0.506 e. The number of carboxylic acid groups (broad SMARTS) is 1. The SMILES string of the molecule is O=C(O)c1cc(Cl)c(Oc2ccc(O)c(NS(=O)(=O)N3CCCCC3)c2)c(Cl)c1. The van der Waals surface area contributed by atoms with Crippen LogP contribution in [0.3, 0.4) is 0 Å². The highest BCUT2D eigenvalue weighted by molar-refractivity contribution is 7.90. The maximum Gasteiger partial charge on any atom is 0.335 e. The summed E-state index contributed by atoms with van der Waals surface area (Å²) in [5, 5.41) is 19.0. The second kappa shape index (κ2) is 8.66. The van der Waals surface area contributed by atoms with E-state index in [4.69, 9.17) is 33.0 Å². The van der Waals surface area contributed by atoms with Gasteiger partial charge in [-0.15, -0.1) is 0 Å². The summed E-state index contributed by atoms with van der Waals surface area (Å²) in [6.45, 7) is 0.820. The molecule has 0 spiro atoms. The van der Waals surface area contributed by atoms with Gasteiger partial charge in [0.25, 0.3) is 0 Å². The number of nitrogens with zero attached hydrogens (tertiary/aromatic N) is 1. The minimum absolute atomic E-state index is 0.00820. The van der Waals surface area contributed by atoms with Crippen LogP contribution < -0.4 is 9.46 Å². The monoisotopic (exact) mass is 460 g/mol. The third-order valence-electron chi connectivity index (χ3n) is 4.33. The second-order valence-corrected chi connectivity index (χ2v) is 8.91. The van der Waals surface area contributed by atoms with Crippen molar-refractivity contribution in [2.75, 3.05) is 17.8 Å². The number of piperidine rings is 1. The summed E-state index contributed by atoms with van der Waals surface area (Å²) < 4.78 is 34.4. The van der Waals surface area contributed by atoms with E-state index in [2.05, 4.69) is 4.72 Å². The molecule has 0 bridgehead atoms. The van der Waals surface area contributed by atoms with Gasteiger partial charge in [-0.25, -0.2) is 4.79 Å². The van der Waals surface area contributed by atoms with Gasteiger partial charge in [0.1, 0.15) is 11.5 Å². The number of nitrogens with one attached hydrogen (secondary N) is 1. The zero-order chi connectivity index (χ0) is 21.2. The molecule has 1 aliphatic rings. The Bertz CT molecular complexity index is 1020. The maximum atomic E-state index is 12.6. The van der Waals surface area contributed by atoms with Crippen molar-refractivity contribution >= 4 is 45.1 Å². The number of carbonyl (C=O) groups is 1. The van der Waals surface area contributed by atoms with Crippen molar-refractivity contribution in [2.24, 2.45) is 0 Å². The number of ether oxygens (including phenoxy) is 1. The third kappa shape index (κ3) is 5.05. The van der Waals surface area contributed by atoms with Crippen LogP contribution in [-0.2, 0) is 10.2 Å². The Kier molecular flexibility index (Phi) is 6.42. The van der Waals surface area contributed by atoms with E-state index in [9.17, 15) is 18.3 Å². The van der Waals surface area contributed by atoms with Gasteiger partial charge in [0.05, 0.1) is 21.3 Å². The summed E-state index contributed by atoms with van der Waals surface area (Å²) in [6.07, 6.45) is 2.53. The fourth-order valence-electron chi connectivity index (χ4n) is 2.87. The number of anilines is 1. The molecule has 0 amide bonds. The lowest BCUT2D eigenvalue weighted by molar-refractivity contribution is 0.0697. The number of hydrogen-bond acceptors (Lipinski definition) is 5. The third-order valence-corrected chi connectivity index (χ3v) is 6.41. The summed E-state index contributed by atoms with van der Waals surface area (Å²) in [5.41, 5.74) is -0.171. The molecule has 1 aliphatic heterocycles. The van der Waals surface area contributed by atoms with Gasteiger partial charge in [0.2, 0.25) is 0 Å². The van der Waals surface area contributed by atoms with E-state index < -0.39 is 16.2 Å². The molecule has 1 saturated heterocycles. The first kappa shape index (κ1) is 21.5. The Morgan fingerprint density at radius 2 is 1.69 bits per heavy atom. The first-order chi connectivity index (χ1) is 13.7. The predicted octanol–water partition coefficient (Wildman–Crippen LogP) is 4.33. The first-order valence-corrected chi connectivity index (χ1v) is 10.9. The smallest absolute Gasteiger partial charge is 0.335 e. The van der Waals surface area contributed by atoms with Crippen LogP contribution in [0.1, 0.15) is 29.6 Å². The minimum atomic E-state index is -3.83. The van der Waals surface area contributed by atoms with Crippen LogP contribution in [0.25, 0.3) is 0 Å². The fraction of sp³-hybridized carbons (Fsp3) is 0.278. The highest BCUT2D eigenvalue weighted by Crippen LogP contribution is 2.39. The zero-order valence-corrected chi connectivity index (χ0v) is 17.4. The van der Waals surface area contributed by atoms with Crippen LogP contribution in [0.4, 0.5) is 5.69 Å². The quantitative estimate of drug-likeness (QED) is 0.552. The van der Waals surface area contributed by atoms with Crippen molar-refractivity contribution < 1.29 is 28.2 Å². The molecule has 1 heterocycles. The van der Waals surface area contributed by atoms with Crippen LogP contribution in [0.5, 0.6) is 17.2 Å². The van der Waals surface area contributed by atoms with E-state index in [-0.39, 0.29) is 38.5 Å². The highest BCUT2D eigenvalue weighted by Gasteiger charge is 2.25. The molecule has 3 rings (SSSR count). The molecule has 0 unspecified atom stereocenters. The number of aromatic hydroxyl groups is 1. The number of rotatable bonds is 6. The number of benzene rings is 2. The van der Waals surface area contributed by atoms with Gasteiger partial charge < -0.3 is 14.9 Å². The molecule has 0 aliphatic carbocycles. The van der Waals surface area contributed by atoms with Gasteiger partial charge in [-0.2, -0.15) is 12.7 Å². The highest BCUT2D eigenvalue weighted by atomic mass is 35.5. The summed E-state index contributed by atoms with van der Waals surface area (Å²) in [6, 6.07) is 6.31. The molecule has 156 valence electrons. The van der Waals surface area contributed by atoms with Crippen LogP contribution >= 0.6 is 23.2 Å². The lowest BCUT2D eigenvalue weighted by Crippen LogP contribution is -2.39. The lowest BCUT2D eigenvalue weighted by Gasteiger charge is -2.26. The topological polar surface area (TPSA) is 116 Å². The second-order valence-electron chi connectivity index (χ2n) is 6.42. The van der Waals surface area contributed by atoms with Crippen molar-refractivity contribution in [3.63, 3.8) is 0 Å². The van der Waals surface area contributed by atoms with Gasteiger partial charge in [-0.1, -0.05) is 29.6 Å². The molecule has 8 nitrogen and oxygen atoms in total. The molecule has 0 radical (unpaired) electrons. The Morgan fingerprint density at radius 1 is 1.07 bits per heavy atom. The molecule has 2 aromatic carbocycles. The van der Waals surface area contributed by atoms with Crippen LogP contribution in [0.2, 0.25) is 10.0 Å². The normalized spacial score (nSPS) is 15.1. The zero-order valence-electron chi connectivity index (χ0n) is 15.1. The van der Waals surface area contributed by atoms with Crippen molar-refractivity contribution in [1.29, 1.82) is 0 Å². The maximum absolute atomic E-state index is 12.6. The standard InChI is InChI=1S/C18H18Cl2N2O6S/c19-13-8-11(18(24)25)9-14(20)17(13)28-12-4-5-16(23)15(10-12)21-29(26,27)22-6-2-1-3-7-22/h4-5,8-10,21,23H,1-3,6-7H2,(H,24,25). The minimum Gasteiger partial charge on any atom is -0.506 e. The summed E-state index contributed by atoms with van der Waals surface area (Å²) >= 11 is 12.1. The van der Waals surface area contributed by atoms with E-state index in [1.165, 1.54) is 34.6 Å². The van der Waals surface area contributed by atoms with Gasteiger partial charge >= 0.3 is 16.2 Å². The van der Waals surface area contributed by atoms with Gasteiger partial charge in [-0.3, -0.25) is 4.72 Å². The van der Waals surface area contributed by atoms with Gasteiger partial charge in [0, 0.05) is 19.2 Å². The van der Waals surface area contributed by atoms with Crippen LogP contribution in [0.15, 0.2) is 30.3 Å². The summed E-state index contributed by atoms with van der Waals surface area (Å²) in [4.78, 5) is 11.1. The molecule has 0 atom stereocenters. The van der Waals surface area contributed by atoms with Gasteiger partial charge in [-0.05, 0) is 37.1 Å². The first-order valence-electron chi connectivity index (χ1n) is 8.68. The van der Waals surface area contributed by atoms with Crippen molar-refractivity contribution in [3.05, 3.63) is 45.9 Å².